The molecule has 0 saturated heterocycles. The Labute approximate surface area is 134 Å². The van der Waals surface area contributed by atoms with Crippen molar-refractivity contribution < 1.29 is 14.3 Å². The number of rotatable bonds is 6. The summed E-state index contributed by atoms with van der Waals surface area (Å²) in [5.41, 5.74) is 1.12. The largest absolute Gasteiger partial charge is 0.496 e. The summed E-state index contributed by atoms with van der Waals surface area (Å²) in [6, 6.07) is 8.96. The molecular weight excluding hydrogens is 296 g/mol. The summed E-state index contributed by atoms with van der Waals surface area (Å²) in [7, 11) is 4.64. The molecule has 0 aliphatic rings. The van der Waals surface area contributed by atoms with Gasteiger partial charge in [-0.15, -0.1) is 0 Å². The lowest BCUT2D eigenvalue weighted by atomic mass is 10.1. The molecule has 0 radical (unpaired) electrons. The lowest BCUT2D eigenvalue weighted by molar-refractivity contribution is 0.0950. The molecule has 2 rings (SSSR count). The van der Waals surface area contributed by atoms with Gasteiger partial charge in [-0.05, 0) is 18.1 Å². The fraction of sp³-hybridized carbons (Fsp3) is 0.294. The molecule has 1 N–H and O–H groups in total. The van der Waals surface area contributed by atoms with Gasteiger partial charge in [-0.2, -0.15) is 0 Å². The minimum Gasteiger partial charge on any atom is -0.496 e. The Bertz CT molecular complexity index is 752. The van der Waals surface area contributed by atoms with Crippen LogP contribution in [-0.4, -0.2) is 31.2 Å². The lowest BCUT2D eigenvalue weighted by Crippen LogP contribution is -2.28. The number of carbonyl (C=O) groups is 1. The van der Waals surface area contributed by atoms with Crippen LogP contribution in [-0.2, 0) is 13.5 Å². The van der Waals surface area contributed by atoms with Crippen LogP contribution in [0.15, 0.2) is 41.3 Å². The predicted octanol–water partition coefficient (Wildman–Crippen LogP) is 1.37. The zero-order valence-electron chi connectivity index (χ0n) is 13.5. The number of aromatic nitrogens is 1. The number of hydrogen-bond donors (Lipinski definition) is 1. The van der Waals surface area contributed by atoms with Crippen molar-refractivity contribution in [2.24, 2.45) is 7.05 Å². The number of methoxy groups -OCH3 is 2. The van der Waals surface area contributed by atoms with E-state index in [0.29, 0.717) is 18.5 Å². The van der Waals surface area contributed by atoms with Crippen LogP contribution in [0.2, 0.25) is 0 Å². The number of carbonyl (C=O) groups excluding carboxylic acids is 1. The van der Waals surface area contributed by atoms with Crippen LogP contribution in [0.25, 0.3) is 0 Å². The Morgan fingerprint density at radius 3 is 2.57 bits per heavy atom. The zero-order chi connectivity index (χ0) is 16.8. The molecule has 1 aromatic carbocycles. The van der Waals surface area contributed by atoms with Crippen LogP contribution in [0, 0.1) is 0 Å². The summed E-state index contributed by atoms with van der Waals surface area (Å²) >= 11 is 0. The zero-order valence-corrected chi connectivity index (χ0v) is 13.5. The van der Waals surface area contributed by atoms with Gasteiger partial charge < -0.3 is 19.4 Å². The van der Waals surface area contributed by atoms with E-state index in [9.17, 15) is 9.59 Å². The van der Waals surface area contributed by atoms with Crippen LogP contribution in [0.1, 0.15) is 15.9 Å². The third kappa shape index (κ3) is 3.91. The molecule has 0 atom stereocenters. The van der Waals surface area contributed by atoms with Gasteiger partial charge in [-0.25, -0.2) is 0 Å². The molecule has 0 unspecified atom stereocenters. The predicted molar refractivity (Wildman–Crippen MR) is 87.3 cm³/mol. The second kappa shape index (κ2) is 7.49. The summed E-state index contributed by atoms with van der Waals surface area (Å²) in [5.74, 6) is 0.775. The van der Waals surface area contributed by atoms with Crippen molar-refractivity contribution in [1.29, 1.82) is 0 Å². The van der Waals surface area contributed by atoms with E-state index in [2.05, 4.69) is 5.32 Å². The van der Waals surface area contributed by atoms with Crippen molar-refractivity contribution in [3.05, 3.63) is 58.0 Å². The SMILES string of the molecule is COc1ccccc1CCNC(=O)c1cn(C)c(=O)cc1OC. The second-order valence-corrected chi connectivity index (χ2v) is 5.02. The average Bonchev–Trinajstić information content (AvgIpc) is 2.57. The molecule has 6 nitrogen and oxygen atoms in total. The van der Waals surface area contributed by atoms with E-state index < -0.39 is 0 Å². The first-order valence-electron chi connectivity index (χ1n) is 7.21. The normalized spacial score (nSPS) is 10.2. The van der Waals surface area contributed by atoms with E-state index in [-0.39, 0.29) is 17.2 Å². The molecule has 0 aliphatic carbocycles. The number of pyridine rings is 1. The molecule has 23 heavy (non-hydrogen) atoms. The number of aryl methyl sites for hydroxylation is 1. The Balaban J connectivity index is 2.05. The monoisotopic (exact) mass is 316 g/mol. The van der Waals surface area contributed by atoms with Crippen LogP contribution in [0.5, 0.6) is 11.5 Å². The highest BCUT2D eigenvalue weighted by Gasteiger charge is 2.14. The highest BCUT2D eigenvalue weighted by molar-refractivity contribution is 5.96. The Kier molecular flexibility index (Phi) is 5.41. The van der Waals surface area contributed by atoms with Gasteiger partial charge in [0, 0.05) is 25.9 Å². The van der Waals surface area contributed by atoms with E-state index >= 15 is 0 Å². The van der Waals surface area contributed by atoms with Crippen LogP contribution < -0.4 is 20.3 Å². The molecule has 0 saturated carbocycles. The van der Waals surface area contributed by atoms with Crippen LogP contribution in [0.3, 0.4) is 0 Å². The lowest BCUT2D eigenvalue weighted by Gasteiger charge is -2.11. The third-order valence-electron chi connectivity index (χ3n) is 3.53. The average molecular weight is 316 g/mol. The summed E-state index contributed by atoms with van der Waals surface area (Å²) in [6.07, 6.45) is 2.11. The Morgan fingerprint density at radius 1 is 1.17 bits per heavy atom. The van der Waals surface area contributed by atoms with Crippen molar-refractivity contribution in [1.82, 2.24) is 9.88 Å². The smallest absolute Gasteiger partial charge is 0.256 e. The summed E-state index contributed by atoms with van der Waals surface area (Å²) in [4.78, 5) is 23.9. The molecule has 0 aliphatic heterocycles. The summed E-state index contributed by atoms with van der Waals surface area (Å²) in [6.45, 7) is 0.450. The maximum atomic E-state index is 12.3. The van der Waals surface area contributed by atoms with E-state index in [1.807, 2.05) is 24.3 Å². The van der Waals surface area contributed by atoms with Crippen molar-refractivity contribution >= 4 is 5.91 Å². The Hall–Kier alpha value is -2.76. The molecule has 1 aromatic heterocycles. The van der Waals surface area contributed by atoms with Gasteiger partial charge in [0.25, 0.3) is 11.5 Å². The van der Waals surface area contributed by atoms with Crippen LogP contribution in [0.4, 0.5) is 0 Å². The molecule has 2 aromatic rings. The van der Waals surface area contributed by atoms with Gasteiger partial charge >= 0.3 is 0 Å². The van der Waals surface area contributed by atoms with Crippen molar-refractivity contribution in [3.63, 3.8) is 0 Å². The van der Waals surface area contributed by atoms with Crippen molar-refractivity contribution in [3.8, 4) is 11.5 Å². The highest BCUT2D eigenvalue weighted by atomic mass is 16.5. The minimum atomic E-state index is -0.285. The first kappa shape index (κ1) is 16.6. The molecule has 0 bridgehead atoms. The fourth-order valence-corrected chi connectivity index (χ4v) is 2.27. The van der Waals surface area contributed by atoms with Gasteiger partial charge in [0.1, 0.15) is 11.5 Å². The molecule has 0 fully saturated rings. The van der Waals surface area contributed by atoms with Gasteiger partial charge in [-0.3, -0.25) is 9.59 Å². The van der Waals surface area contributed by atoms with Gasteiger partial charge in [0.2, 0.25) is 0 Å². The molecule has 1 heterocycles. The number of nitrogens with zero attached hydrogens (tertiary/aromatic N) is 1. The Morgan fingerprint density at radius 2 is 1.87 bits per heavy atom. The molecule has 122 valence electrons. The maximum Gasteiger partial charge on any atom is 0.256 e. The van der Waals surface area contributed by atoms with E-state index in [4.69, 9.17) is 9.47 Å². The molecule has 6 heteroatoms. The van der Waals surface area contributed by atoms with Gasteiger partial charge in [0.15, 0.2) is 0 Å². The second-order valence-electron chi connectivity index (χ2n) is 5.02. The van der Waals surface area contributed by atoms with Crippen LogP contribution >= 0.6 is 0 Å². The quantitative estimate of drug-likeness (QED) is 0.874. The van der Waals surface area contributed by atoms with Gasteiger partial charge in [-0.1, -0.05) is 18.2 Å². The topological polar surface area (TPSA) is 69.6 Å². The maximum absolute atomic E-state index is 12.3. The number of para-hydroxylation sites is 1. The fourth-order valence-electron chi connectivity index (χ4n) is 2.27. The van der Waals surface area contributed by atoms with Crippen molar-refractivity contribution in [2.75, 3.05) is 20.8 Å². The number of benzene rings is 1. The van der Waals surface area contributed by atoms with Gasteiger partial charge in [0.05, 0.1) is 19.8 Å². The highest BCUT2D eigenvalue weighted by Crippen LogP contribution is 2.18. The van der Waals surface area contributed by atoms with E-state index in [0.717, 1.165) is 11.3 Å². The summed E-state index contributed by atoms with van der Waals surface area (Å²) in [5, 5.41) is 2.83. The number of hydrogen-bond acceptors (Lipinski definition) is 4. The number of amides is 1. The first-order chi connectivity index (χ1) is 11.1. The number of ether oxygens (including phenoxy) is 2. The first-order valence-corrected chi connectivity index (χ1v) is 7.21. The minimum absolute atomic E-state index is 0.229. The van der Waals surface area contributed by atoms with Crippen molar-refractivity contribution in [2.45, 2.75) is 6.42 Å². The third-order valence-corrected chi connectivity index (χ3v) is 3.53. The summed E-state index contributed by atoms with van der Waals surface area (Å²) < 4.78 is 11.7. The molecule has 1 amide bonds. The standard InChI is InChI=1S/C17H20N2O4/c1-19-11-13(15(23-3)10-16(19)20)17(21)18-9-8-12-6-4-5-7-14(12)22-2/h4-7,10-11H,8-9H2,1-3H3,(H,18,21). The molecular formula is C17H20N2O4. The molecule has 0 spiro atoms. The van der Waals surface area contributed by atoms with E-state index in [1.54, 1.807) is 14.2 Å². The number of nitrogens with one attached hydrogen (secondary N) is 1. The van der Waals surface area contributed by atoms with E-state index in [1.165, 1.54) is 23.9 Å².